The summed E-state index contributed by atoms with van der Waals surface area (Å²) in [6, 6.07) is 17.6. The molecule has 0 radical (unpaired) electrons. The molecule has 20 heavy (non-hydrogen) atoms. The molecule has 0 fully saturated rings. The van der Waals surface area contributed by atoms with Crippen molar-refractivity contribution >= 4 is 23.0 Å². The van der Waals surface area contributed by atoms with E-state index in [2.05, 4.69) is 0 Å². The first-order chi connectivity index (χ1) is 9.79. The van der Waals surface area contributed by atoms with Gasteiger partial charge in [0.1, 0.15) is 0 Å². The van der Waals surface area contributed by atoms with Crippen molar-refractivity contribution < 1.29 is 9.59 Å². The first kappa shape index (κ1) is 12.4. The molecule has 0 spiro atoms. The Bertz CT molecular complexity index is 772. The van der Waals surface area contributed by atoms with Gasteiger partial charge in [-0.1, -0.05) is 48.5 Å². The molecule has 3 aromatic rings. The topological polar surface area (TPSA) is 39.1 Å². The van der Waals surface area contributed by atoms with E-state index < -0.39 is 5.78 Å². The van der Waals surface area contributed by atoms with Gasteiger partial charge in [-0.25, -0.2) is 0 Å². The van der Waals surface area contributed by atoms with Crippen LogP contribution in [0.3, 0.4) is 0 Å². The van der Waals surface area contributed by atoms with E-state index in [9.17, 15) is 9.59 Å². The third-order valence-corrected chi connectivity index (χ3v) is 3.36. The van der Waals surface area contributed by atoms with Crippen LogP contribution in [0.25, 0.3) is 10.9 Å². The van der Waals surface area contributed by atoms with Crippen molar-refractivity contribution in [3.05, 3.63) is 71.9 Å². The number of carbonyl (C=O) groups is 2. The molecule has 0 saturated carbocycles. The van der Waals surface area contributed by atoms with Crippen LogP contribution in [0.1, 0.15) is 15.9 Å². The molecular formula is C17H13NO2. The van der Waals surface area contributed by atoms with Crippen LogP contribution in [0.2, 0.25) is 0 Å². The van der Waals surface area contributed by atoms with E-state index in [0.29, 0.717) is 18.4 Å². The highest BCUT2D eigenvalue weighted by Crippen LogP contribution is 2.22. The second kappa shape index (κ2) is 5.13. The van der Waals surface area contributed by atoms with Gasteiger partial charge in [0.15, 0.2) is 6.29 Å². The Kier molecular flexibility index (Phi) is 3.17. The zero-order valence-electron chi connectivity index (χ0n) is 10.8. The summed E-state index contributed by atoms with van der Waals surface area (Å²) < 4.78 is 2.00. The number of aromatic nitrogens is 1. The molecule has 0 bridgehead atoms. The van der Waals surface area contributed by atoms with Gasteiger partial charge in [-0.3, -0.25) is 9.59 Å². The predicted molar refractivity (Wildman–Crippen MR) is 77.9 cm³/mol. The quantitative estimate of drug-likeness (QED) is 0.412. The summed E-state index contributed by atoms with van der Waals surface area (Å²) in [5, 5.41) is 0.820. The van der Waals surface area contributed by atoms with E-state index in [0.717, 1.165) is 16.5 Å². The van der Waals surface area contributed by atoms with Crippen molar-refractivity contribution in [1.29, 1.82) is 0 Å². The standard InChI is InChI=1S/C17H13NO2/c19-12-17(20)15-11-18(10-13-6-2-1-3-7-13)16-9-5-4-8-14(15)16/h1-9,11-12H,10H2. The van der Waals surface area contributed by atoms with Gasteiger partial charge in [0.25, 0.3) is 0 Å². The van der Waals surface area contributed by atoms with Gasteiger partial charge in [0, 0.05) is 23.6 Å². The van der Waals surface area contributed by atoms with Crippen LogP contribution >= 0.6 is 0 Å². The summed E-state index contributed by atoms with van der Waals surface area (Å²) in [6.07, 6.45) is 2.13. The lowest BCUT2D eigenvalue weighted by Gasteiger charge is -2.05. The Balaban J connectivity index is 2.12. The fourth-order valence-corrected chi connectivity index (χ4v) is 2.42. The van der Waals surface area contributed by atoms with Gasteiger partial charge in [-0.2, -0.15) is 0 Å². The van der Waals surface area contributed by atoms with Gasteiger partial charge < -0.3 is 4.57 Å². The highest BCUT2D eigenvalue weighted by molar-refractivity contribution is 6.36. The highest BCUT2D eigenvalue weighted by atomic mass is 16.2. The molecule has 0 N–H and O–H groups in total. The number of Topliss-reactive ketones (excluding diaryl/α,β-unsaturated/α-hetero) is 1. The molecule has 0 saturated heterocycles. The molecular weight excluding hydrogens is 250 g/mol. The first-order valence-electron chi connectivity index (χ1n) is 6.41. The molecule has 3 rings (SSSR count). The van der Waals surface area contributed by atoms with Gasteiger partial charge in [0.05, 0.1) is 5.56 Å². The largest absolute Gasteiger partial charge is 0.342 e. The summed E-state index contributed by atoms with van der Waals surface area (Å²) in [5.74, 6) is -0.479. The minimum Gasteiger partial charge on any atom is -0.342 e. The van der Waals surface area contributed by atoms with Crippen LogP contribution in [-0.4, -0.2) is 16.6 Å². The van der Waals surface area contributed by atoms with E-state index in [1.54, 1.807) is 6.20 Å². The van der Waals surface area contributed by atoms with E-state index >= 15 is 0 Å². The molecule has 0 amide bonds. The van der Waals surface area contributed by atoms with E-state index in [1.807, 2.05) is 59.2 Å². The van der Waals surface area contributed by atoms with Crippen LogP contribution in [0.5, 0.6) is 0 Å². The lowest BCUT2D eigenvalue weighted by molar-refractivity contribution is -0.104. The summed E-state index contributed by atoms with van der Waals surface area (Å²) >= 11 is 0. The summed E-state index contributed by atoms with van der Waals surface area (Å²) in [5.41, 5.74) is 2.58. The number of carbonyl (C=O) groups excluding carboxylic acids is 2. The van der Waals surface area contributed by atoms with Crippen LogP contribution in [0.15, 0.2) is 60.8 Å². The molecule has 2 aromatic carbocycles. The van der Waals surface area contributed by atoms with Gasteiger partial charge in [-0.05, 0) is 11.6 Å². The van der Waals surface area contributed by atoms with E-state index in [1.165, 1.54) is 0 Å². The Morgan fingerprint density at radius 1 is 1.00 bits per heavy atom. The molecule has 0 unspecified atom stereocenters. The minimum absolute atomic E-state index is 0.370. The molecule has 0 atom stereocenters. The average Bonchev–Trinajstić information content (AvgIpc) is 2.87. The summed E-state index contributed by atoms with van der Waals surface area (Å²) in [6.45, 7) is 0.674. The zero-order chi connectivity index (χ0) is 13.9. The highest BCUT2D eigenvalue weighted by Gasteiger charge is 2.13. The molecule has 1 aromatic heterocycles. The molecule has 98 valence electrons. The lowest BCUT2D eigenvalue weighted by Crippen LogP contribution is -2.00. The SMILES string of the molecule is O=CC(=O)c1cn(Cc2ccccc2)c2ccccc12. The predicted octanol–water partition coefficient (Wildman–Crippen LogP) is 3.07. The zero-order valence-corrected chi connectivity index (χ0v) is 10.8. The molecule has 0 aliphatic carbocycles. The van der Waals surface area contributed by atoms with Crippen molar-refractivity contribution in [3.8, 4) is 0 Å². The van der Waals surface area contributed by atoms with Crippen LogP contribution in [-0.2, 0) is 11.3 Å². The third kappa shape index (κ3) is 2.14. The molecule has 1 heterocycles. The number of rotatable bonds is 4. The van der Waals surface area contributed by atoms with Gasteiger partial charge in [-0.15, -0.1) is 0 Å². The second-order valence-electron chi connectivity index (χ2n) is 4.66. The smallest absolute Gasteiger partial charge is 0.227 e. The molecule has 3 heteroatoms. The van der Waals surface area contributed by atoms with Crippen LogP contribution in [0, 0.1) is 0 Å². The summed E-state index contributed by atoms with van der Waals surface area (Å²) in [7, 11) is 0. The van der Waals surface area contributed by atoms with Gasteiger partial charge >= 0.3 is 0 Å². The van der Waals surface area contributed by atoms with Crippen molar-refractivity contribution in [2.24, 2.45) is 0 Å². The molecule has 0 aliphatic heterocycles. The Morgan fingerprint density at radius 3 is 2.45 bits per heavy atom. The normalized spacial score (nSPS) is 10.6. The molecule has 0 aliphatic rings. The van der Waals surface area contributed by atoms with Gasteiger partial charge in [0.2, 0.25) is 5.78 Å². The maximum Gasteiger partial charge on any atom is 0.227 e. The van der Waals surface area contributed by atoms with E-state index in [4.69, 9.17) is 0 Å². The van der Waals surface area contributed by atoms with Crippen molar-refractivity contribution in [3.63, 3.8) is 0 Å². The fourth-order valence-electron chi connectivity index (χ4n) is 2.42. The number of para-hydroxylation sites is 1. The first-order valence-corrected chi connectivity index (χ1v) is 6.41. The van der Waals surface area contributed by atoms with Crippen molar-refractivity contribution in [1.82, 2.24) is 4.57 Å². The third-order valence-electron chi connectivity index (χ3n) is 3.36. The number of fused-ring (bicyclic) bond motifs is 1. The minimum atomic E-state index is -0.479. The fraction of sp³-hybridized carbons (Fsp3) is 0.0588. The van der Waals surface area contributed by atoms with Crippen LogP contribution in [0.4, 0.5) is 0 Å². The maximum absolute atomic E-state index is 11.7. The Morgan fingerprint density at radius 2 is 1.70 bits per heavy atom. The monoisotopic (exact) mass is 263 g/mol. The van der Waals surface area contributed by atoms with Crippen molar-refractivity contribution in [2.75, 3.05) is 0 Å². The number of hydrogen-bond acceptors (Lipinski definition) is 2. The Hall–Kier alpha value is -2.68. The van der Waals surface area contributed by atoms with Crippen LogP contribution < -0.4 is 0 Å². The molecule has 3 nitrogen and oxygen atoms in total. The second-order valence-corrected chi connectivity index (χ2v) is 4.66. The Labute approximate surface area is 116 Å². The number of ketones is 1. The average molecular weight is 263 g/mol. The van der Waals surface area contributed by atoms with Crippen molar-refractivity contribution in [2.45, 2.75) is 6.54 Å². The van der Waals surface area contributed by atoms with E-state index in [-0.39, 0.29) is 0 Å². The maximum atomic E-state index is 11.7. The number of aldehydes is 1. The number of nitrogens with zero attached hydrogens (tertiary/aromatic N) is 1. The number of benzene rings is 2. The summed E-state index contributed by atoms with van der Waals surface area (Å²) in [4.78, 5) is 22.5. The number of hydrogen-bond donors (Lipinski definition) is 0. The lowest BCUT2D eigenvalue weighted by atomic mass is 10.1.